The molecule has 2 nitrogen and oxygen atoms in total. The second-order valence-electron chi connectivity index (χ2n) is 3.17. The Balaban J connectivity index is 2.61. The van der Waals surface area contributed by atoms with Crippen LogP contribution in [0.15, 0.2) is 35.3 Å². The second-order valence-corrected chi connectivity index (χ2v) is 4.02. The summed E-state index contributed by atoms with van der Waals surface area (Å²) in [5.41, 5.74) is 0.808. The van der Waals surface area contributed by atoms with Gasteiger partial charge in [-0.2, -0.15) is 0 Å². The van der Waals surface area contributed by atoms with E-state index in [1.165, 1.54) is 0 Å². The van der Waals surface area contributed by atoms with Crippen LogP contribution >= 0.6 is 15.9 Å². The summed E-state index contributed by atoms with van der Waals surface area (Å²) < 4.78 is 6.49. The lowest BCUT2D eigenvalue weighted by atomic mass is 10.2. The van der Waals surface area contributed by atoms with Crippen LogP contribution in [0.2, 0.25) is 0 Å². The summed E-state index contributed by atoms with van der Waals surface area (Å²) in [6.07, 6.45) is 3.75. The first-order valence-electron chi connectivity index (χ1n) is 4.91. The van der Waals surface area contributed by atoms with Crippen molar-refractivity contribution in [3.8, 4) is 5.75 Å². The third kappa shape index (κ3) is 3.68. The van der Waals surface area contributed by atoms with Crippen molar-refractivity contribution >= 4 is 15.9 Å². The number of allylic oxidation sites excluding steroid dienone is 1. The molecule has 0 unspecified atom stereocenters. The number of aliphatic hydroxyl groups is 1. The van der Waals surface area contributed by atoms with Gasteiger partial charge in [0.2, 0.25) is 0 Å². The number of benzene rings is 1. The SMILES string of the molecule is C=CCCCOc1c(Br)cccc1CO. The molecular formula is C12H15BrO2. The van der Waals surface area contributed by atoms with E-state index in [4.69, 9.17) is 9.84 Å². The van der Waals surface area contributed by atoms with Gasteiger partial charge in [-0.1, -0.05) is 18.2 Å². The first-order valence-corrected chi connectivity index (χ1v) is 5.71. The number of rotatable bonds is 6. The molecule has 0 heterocycles. The van der Waals surface area contributed by atoms with Crippen LogP contribution in [-0.4, -0.2) is 11.7 Å². The zero-order chi connectivity index (χ0) is 11.1. The van der Waals surface area contributed by atoms with Gasteiger partial charge in [0.1, 0.15) is 5.75 Å². The number of unbranched alkanes of at least 4 members (excludes halogenated alkanes) is 1. The molecule has 0 saturated carbocycles. The first-order chi connectivity index (χ1) is 7.29. The number of hydrogen-bond donors (Lipinski definition) is 1. The lowest BCUT2D eigenvalue weighted by molar-refractivity contribution is 0.261. The number of aliphatic hydroxyl groups excluding tert-OH is 1. The number of para-hydroxylation sites is 1. The molecule has 0 aliphatic rings. The van der Waals surface area contributed by atoms with Crippen molar-refractivity contribution in [2.75, 3.05) is 6.61 Å². The molecule has 15 heavy (non-hydrogen) atoms. The summed E-state index contributed by atoms with van der Waals surface area (Å²) in [6.45, 7) is 4.29. The summed E-state index contributed by atoms with van der Waals surface area (Å²) in [7, 11) is 0. The van der Waals surface area contributed by atoms with Crippen molar-refractivity contribution in [1.82, 2.24) is 0 Å². The Morgan fingerprint density at radius 1 is 1.47 bits per heavy atom. The Morgan fingerprint density at radius 3 is 2.93 bits per heavy atom. The van der Waals surface area contributed by atoms with Crippen LogP contribution in [0.3, 0.4) is 0 Å². The molecule has 0 aromatic heterocycles. The molecule has 0 fully saturated rings. The molecule has 0 aliphatic carbocycles. The molecule has 0 atom stereocenters. The van der Waals surface area contributed by atoms with Gasteiger partial charge in [-0.3, -0.25) is 0 Å². The third-order valence-electron chi connectivity index (χ3n) is 2.02. The average molecular weight is 271 g/mol. The van der Waals surface area contributed by atoms with E-state index in [1.54, 1.807) is 0 Å². The highest BCUT2D eigenvalue weighted by atomic mass is 79.9. The molecule has 1 aromatic carbocycles. The van der Waals surface area contributed by atoms with Gasteiger partial charge in [0.15, 0.2) is 0 Å². The van der Waals surface area contributed by atoms with Crippen LogP contribution in [0.4, 0.5) is 0 Å². The van der Waals surface area contributed by atoms with Crippen molar-refractivity contribution in [2.24, 2.45) is 0 Å². The van der Waals surface area contributed by atoms with Gasteiger partial charge in [0, 0.05) is 5.56 Å². The second kappa shape index (κ2) is 6.64. The van der Waals surface area contributed by atoms with Crippen molar-refractivity contribution in [2.45, 2.75) is 19.4 Å². The molecule has 0 aliphatic heterocycles. The van der Waals surface area contributed by atoms with E-state index in [-0.39, 0.29) is 6.61 Å². The molecule has 1 aromatic rings. The Morgan fingerprint density at radius 2 is 2.27 bits per heavy atom. The molecule has 1 N–H and O–H groups in total. The summed E-state index contributed by atoms with van der Waals surface area (Å²) in [5, 5.41) is 9.13. The molecule has 0 amide bonds. The highest BCUT2D eigenvalue weighted by Gasteiger charge is 2.06. The highest BCUT2D eigenvalue weighted by molar-refractivity contribution is 9.10. The van der Waals surface area contributed by atoms with Crippen molar-refractivity contribution in [3.05, 3.63) is 40.9 Å². The third-order valence-corrected chi connectivity index (χ3v) is 2.64. The van der Waals surface area contributed by atoms with E-state index in [0.717, 1.165) is 28.6 Å². The predicted octanol–water partition coefficient (Wildman–Crippen LogP) is 3.29. The Hall–Kier alpha value is -0.800. The fraction of sp³-hybridized carbons (Fsp3) is 0.333. The Bertz CT molecular complexity index is 323. The molecular weight excluding hydrogens is 256 g/mol. The topological polar surface area (TPSA) is 29.5 Å². The molecule has 82 valence electrons. The summed E-state index contributed by atoms with van der Waals surface area (Å²) >= 11 is 3.40. The van der Waals surface area contributed by atoms with Crippen LogP contribution < -0.4 is 4.74 Å². The Labute approximate surface area is 98.7 Å². The zero-order valence-corrected chi connectivity index (χ0v) is 10.2. The van der Waals surface area contributed by atoms with Crippen LogP contribution in [0.5, 0.6) is 5.75 Å². The monoisotopic (exact) mass is 270 g/mol. The maximum atomic E-state index is 9.13. The van der Waals surface area contributed by atoms with Crippen molar-refractivity contribution in [3.63, 3.8) is 0 Å². The number of ether oxygens (including phenoxy) is 1. The fourth-order valence-electron chi connectivity index (χ4n) is 1.24. The molecule has 1 rings (SSSR count). The van der Waals surface area contributed by atoms with Gasteiger partial charge < -0.3 is 9.84 Å². The van der Waals surface area contributed by atoms with Crippen molar-refractivity contribution < 1.29 is 9.84 Å². The van der Waals surface area contributed by atoms with Gasteiger partial charge >= 0.3 is 0 Å². The van der Waals surface area contributed by atoms with Crippen LogP contribution in [-0.2, 0) is 6.61 Å². The minimum atomic E-state index is -0.00374. The van der Waals surface area contributed by atoms with Gasteiger partial charge in [0.25, 0.3) is 0 Å². The lowest BCUT2D eigenvalue weighted by Gasteiger charge is -2.11. The summed E-state index contributed by atoms with van der Waals surface area (Å²) in [6, 6.07) is 5.64. The van der Waals surface area contributed by atoms with E-state index in [9.17, 15) is 0 Å². The van der Waals surface area contributed by atoms with Gasteiger partial charge in [0.05, 0.1) is 17.7 Å². The maximum Gasteiger partial charge on any atom is 0.138 e. The zero-order valence-electron chi connectivity index (χ0n) is 8.58. The van der Waals surface area contributed by atoms with Crippen molar-refractivity contribution in [1.29, 1.82) is 0 Å². The molecule has 0 saturated heterocycles. The quantitative estimate of drug-likeness (QED) is 0.635. The smallest absolute Gasteiger partial charge is 0.138 e. The lowest BCUT2D eigenvalue weighted by Crippen LogP contribution is -2.00. The molecule has 0 spiro atoms. The first kappa shape index (κ1) is 12.3. The normalized spacial score (nSPS) is 10.0. The Kier molecular flexibility index (Phi) is 5.43. The minimum Gasteiger partial charge on any atom is -0.492 e. The largest absolute Gasteiger partial charge is 0.492 e. The van der Waals surface area contributed by atoms with E-state index in [2.05, 4.69) is 22.5 Å². The number of hydrogen-bond acceptors (Lipinski definition) is 2. The van der Waals surface area contributed by atoms with Gasteiger partial charge in [-0.05, 0) is 34.8 Å². The molecule has 0 bridgehead atoms. The van der Waals surface area contributed by atoms with Crippen LogP contribution in [0, 0.1) is 0 Å². The summed E-state index contributed by atoms with van der Waals surface area (Å²) in [4.78, 5) is 0. The average Bonchev–Trinajstić information content (AvgIpc) is 2.26. The van der Waals surface area contributed by atoms with E-state index >= 15 is 0 Å². The van der Waals surface area contributed by atoms with Gasteiger partial charge in [-0.25, -0.2) is 0 Å². The maximum absolute atomic E-state index is 9.13. The number of halogens is 1. The van der Waals surface area contributed by atoms with Crippen LogP contribution in [0.1, 0.15) is 18.4 Å². The fourth-order valence-corrected chi connectivity index (χ4v) is 1.76. The molecule has 0 radical (unpaired) electrons. The van der Waals surface area contributed by atoms with E-state index < -0.39 is 0 Å². The predicted molar refractivity (Wildman–Crippen MR) is 65.0 cm³/mol. The highest BCUT2D eigenvalue weighted by Crippen LogP contribution is 2.29. The standard InChI is InChI=1S/C12H15BrO2/c1-2-3-4-8-15-12-10(9-14)6-5-7-11(12)13/h2,5-7,14H,1,3-4,8-9H2. The van der Waals surface area contributed by atoms with E-state index in [1.807, 2.05) is 24.3 Å². The summed E-state index contributed by atoms with van der Waals surface area (Å²) in [5.74, 6) is 0.740. The molecule has 3 heteroatoms. The van der Waals surface area contributed by atoms with E-state index in [0.29, 0.717) is 6.61 Å². The van der Waals surface area contributed by atoms with Crippen LogP contribution in [0.25, 0.3) is 0 Å². The minimum absolute atomic E-state index is 0.00374. The van der Waals surface area contributed by atoms with Gasteiger partial charge in [-0.15, -0.1) is 6.58 Å².